The molecule has 0 radical (unpaired) electrons. The van der Waals surface area contributed by atoms with Crippen LogP contribution in [0.4, 0.5) is 10.1 Å². The number of phenolic OH excluding ortho intramolecular Hbond substituents is 1. The average molecular weight is 520 g/mol. The van der Waals surface area contributed by atoms with Crippen LogP contribution in [0.5, 0.6) is 11.5 Å². The van der Waals surface area contributed by atoms with Crippen molar-refractivity contribution in [2.75, 3.05) is 7.11 Å². The molecule has 0 spiro atoms. The zero-order chi connectivity index (χ0) is 20.5. The topological polar surface area (TPSA) is 67.9 Å². The van der Waals surface area contributed by atoms with Gasteiger partial charge in [0.15, 0.2) is 17.1 Å². The molecule has 1 aromatic heterocycles. The lowest BCUT2D eigenvalue weighted by Gasteiger charge is -2.09. The molecule has 0 bridgehead atoms. The maximum absolute atomic E-state index is 13.5. The molecule has 1 heterocycles. The standard InChI is InChI=1S/C21H13Br2FN2O3/c1-28-18-9-15(22)19(23)14(20(18)27)10-25-13-5-6-17-16(8-13)26-21(29-17)11-3-2-4-12(24)7-11/h2-10,27H,1H3. The molecule has 0 unspecified atom stereocenters. The van der Waals surface area contributed by atoms with Crippen LogP contribution in [-0.4, -0.2) is 23.4 Å². The summed E-state index contributed by atoms with van der Waals surface area (Å²) in [5, 5.41) is 10.4. The predicted octanol–water partition coefficient (Wildman–Crippen LogP) is 6.62. The van der Waals surface area contributed by atoms with Gasteiger partial charge in [0.1, 0.15) is 11.3 Å². The number of ether oxygens (including phenoxy) is 1. The van der Waals surface area contributed by atoms with Crippen molar-refractivity contribution in [3.63, 3.8) is 0 Å². The Balaban J connectivity index is 1.70. The number of hydrogen-bond donors (Lipinski definition) is 1. The van der Waals surface area contributed by atoms with Gasteiger partial charge in [0, 0.05) is 20.7 Å². The van der Waals surface area contributed by atoms with Gasteiger partial charge in [0.2, 0.25) is 5.89 Å². The summed E-state index contributed by atoms with van der Waals surface area (Å²) in [7, 11) is 1.48. The Morgan fingerprint density at radius 3 is 2.76 bits per heavy atom. The average Bonchev–Trinajstić information content (AvgIpc) is 3.14. The van der Waals surface area contributed by atoms with Crippen molar-refractivity contribution in [3.05, 3.63) is 68.9 Å². The van der Waals surface area contributed by atoms with Gasteiger partial charge in [-0.25, -0.2) is 9.37 Å². The van der Waals surface area contributed by atoms with Gasteiger partial charge < -0.3 is 14.3 Å². The van der Waals surface area contributed by atoms with Gasteiger partial charge in [-0.05, 0) is 74.3 Å². The minimum absolute atomic E-state index is 0.0257. The van der Waals surface area contributed by atoms with Gasteiger partial charge in [-0.2, -0.15) is 0 Å². The first-order valence-electron chi connectivity index (χ1n) is 8.42. The SMILES string of the molecule is COc1cc(Br)c(Br)c(C=Nc2ccc3oc(-c4cccc(F)c4)nc3c2)c1O. The van der Waals surface area contributed by atoms with E-state index in [0.717, 1.165) is 4.47 Å². The number of aromatic nitrogens is 1. The summed E-state index contributed by atoms with van der Waals surface area (Å²) in [6.45, 7) is 0. The van der Waals surface area contributed by atoms with E-state index in [2.05, 4.69) is 41.8 Å². The minimum Gasteiger partial charge on any atom is -0.504 e. The van der Waals surface area contributed by atoms with E-state index in [9.17, 15) is 9.50 Å². The molecular formula is C21H13Br2FN2O3. The summed E-state index contributed by atoms with van der Waals surface area (Å²) in [5.41, 5.74) is 2.80. The number of oxazole rings is 1. The summed E-state index contributed by atoms with van der Waals surface area (Å²) >= 11 is 6.84. The zero-order valence-electron chi connectivity index (χ0n) is 15.0. The molecule has 3 aromatic carbocycles. The molecule has 0 aliphatic carbocycles. The number of aromatic hydroxyl groups is 1. The van der Waals surface area contributed by atoms with Crippen molar-refractivity contribution >= 4 is 54.9 Å². The molecule has 29 heavy (non-hydrogen) atoms. The van der Waals surface area contributed by atoms with Gasteiger partial charge in [0.25, 0.3) is 0 Å². The Kier molecular flexibility index (Phi) is 5.38. The molecule has 4 aromatic rings. The monoisotopic (exact) mass is 518 g/mol. The fourth-order valence-electron chi connectivity index (χ4n) is 2.77. The lowest BCUT2D eigenvalue weighted by Crippen LogP contribution is -1.91. The first kappa shape index (κ1) is 19.6. The third-order valence-electron chi connectivity index (χ3n) is 4.20. The number of benzene rings is 3. The number of aliphatic imine (C=N–C) groups is 1. The van der Waals surface area contributed by atoms with Crippen LogP contribution >= 0.6 is 31.9 Å². The van der Waals surface area contributed by atoms with E-state index in [-0.39, 0.29) is 11.6 Å². The zero-order valence-corrected chi connectivity index (χ0v) is 18.2. The molecule has 8 heteroatoms. The molecule has 1 N–H and O–H groups in total. The summed E-state index contributed by atoms with van der Waals surface area (Å²) in [5.74, 6) is 0.276. The van der Waals surface area contributed by atoms with E-state index in [1.54, 1.807) is 36.4 Å². The summed E-state index contributed by atoms with van der Waals surface area (Å²) in [4.78, 5) is 8.85. The van der Waals surface area contributed by atoms with Crippen LogP contribution in [0, 0.1) is 5.82 Å². The van der Waals surface area contributed by atoms with Crippen LogP contribution < -0.4 is 4.74 Å². The van der Waals surface area contributed by atoms with E-state index < -0.39 is 0 Å². The van der Waals surface area contributed by atoms with E-state index in [0.29, 0.717) is 44.0 Å². The van der Waals surface area contributed by atoms with Crippen molar-refractivity contribution in [2.45, 2.75) is 0 Å². The molecule has 0 fully saturated rings. The quantitative estimate of drug-likeness (QED) is 0.307. The molecule has 0 amide bonds. The Morgan fingerprint density at radius 2 is 2.00 bits per heavy atom. The van der Waals surface area contributed by atoms with Crippen molar-refractivity contribution < 1.29 is 18.7 Å². The van der Waals surface area contributed by atoms with Gasteiger partial charge >= 0.3 is 0 Å². The van der Waals surface area contributed by atoms with Crippen molar-refractivity contribution in [1.29, 1.82) is 0 Å². The Morgan fingerprint density at radius 1 is 1.17 bits per heavy atom. The largest absolute Gasteiger partial charge is 0.504 e. The summed E-state index contributed by atoms with van der Waals surface area (Å²) < 4.78 is 25.7. The number of phenols is 1. The fraction of sp³-hybridized carbons (Fsp3) is 0.0476. The lowest BCUT2D eigenvalue weighted by atomic mass is 10.2. The molecule has 0 aliphatic rings. The first-order chi connectivity index (χ1) is 14.0. The molecule has 0 saturated carbocycles. The Labute approximate surface area is 182 Å². The minimum atomic E-state index is -0.357. The highest BCUT2D eigenvalue weighted by Crippen LogP contribution is 2.39. The van der Waals surface area contributed by atoms with E-state index in [4.69, 9.17) is 9.15 Å². The fourth-order valence-corrected chi connectivity index (χ4v) is 3.59. The predicted molar refractivity (Wildman–Crippen MR) is 117 cm³/mol. The molecular weight excluding hydrogens is 507 g/mol. The van der Waals surface area contributed by atoms with E-state index in [1.807, 2.05) is 0 Å². The van der Waals surface area contributed by atoms with Crippen LogP contribution in [0.15, 0.2) is 66.9 Å². The number of rotatable bonds is 4. The maximum Gasteiger partial charge on any atom is 0.227 e. The van der Waals surface area contributed by atoms with E-state index in [1.165, 1.54) is 25.5 Å². The summed E-state index contributed by atoms with van der Waals surface area (Å²) in [6.07, 6.45) is 1.53. The molecule has 4 rings (SSSR count). The van der Waals surface area contributed by atoms with Gasteiger partial charge in [-0.3, -0.25) is 4.99 Å². The van der Waals surface area contributed by atoms with E-state index >= 15 is 0 Å². The summed E-state index contributed by atoms with van der Waals surface area (Å²) in [6, 6.07) is 13.0. The van der Waals surface area contributed by atoms with Gasteiger partial charge in [-0.15, -0.1) is 0 Å². The van der Waals surface area contributed by atoms with Crippen LogP contribution in [0.25, 0.3) is 22.6 Å². The van der Waals surface area contributed by atoms with Crippen LogP contribution in [0.2, 0.25) is 0 Å². The Bertz CT molecular complexity index is 1250. The molecule has 0 aliphatic heterocycles. The Hall–Kier alpha value is -2.71. The second-order valence-electron chi connectivity index (χ2n) is 6.08. The van der Waals surface area contributed by atoms with Crippen LogP contribution in [0.1, 0.15) is 5.56 Å². The maximum atomic E-state index is 13.5. The normalized spacial score (nSPS) is 11.4. The van der Waals surface area contributed by atoms with Crippen LogP contribution in [0.3, 0.4) is 0 Å². The highest BCUT2D eigenvalue weighted by molar-refractivity contribution is 9.13. The smallest absolute Gasteiger partial charge is 0.227 e. The second-order valence-corrected chi connectivity index (χ2v) is 7.72. The molecule has 146 valence electrons. The van der Waals surface area contributed by atoms with Gasteiger partial charge in [-0.1, -0.05) is 6.07 Å². The number of methoxy groups -OCH3 is 1. The number of hydrogen-bond acceptors (Lipinski definition) is 5. The lowest BCUT2D eigenvalue weighted by molar-refractivity contribution is 0.372. The number of halogens is 3. The van der Waals surface area contributed by atoms with Crippen molar-refractivity contribution in [1.82, 2.24) is 4.98 Å². The first-order valence-corrected chi connectivity index (χ1v) is 10.0. The second kappa shape index (κ2) is 7.96. The highest BCUT2D eigenvalue weighted by Gasteiger charge is 2.14. The third-order valence-corrected chi connectivity index (χ3v) is 6.21. The number of nitrogens with zero attached hydrogens (tertiary/aromatic N) is 2. The molecule has 0 atom stereocenters. The molecule has 5 nitrogen and oxygen atoms in total. The highest BCUT2D eigenvalue weighted by atomic mass is 79.9. The van der Waals surface area contributed by atoms with Crippen LogP contribution in [-0.2, 0) is 0 Å². The number of fused-ring (bicyclic) bond motifs is 1. The van der Waals surface area contributed by atoms with Crippen molar-refractivity contribution in [2.24, 2.45) is 4.99 Å². The third kappa shape index (κ3) is 3.90. The van der Waals surface area contributed by atoms with Gasteiger partial charge in [0.05, 0.1) is 18.4 Å². The van der Waals surface area contributed by atoms with Crippen molar-refractivity contribution in [3.8, 4) is 23.0 Å². The molecule has 0 saturated heterocycles.